The highest BCUT2D eigenvalue weighted by Crippen LogP contribution is 2.33. The fraction of sp³-hybridized carbons (Fsp3) is 0.593. The van der Waals surface area contributed by atoms with Crippen molar-refractivity contribution in [3.8, 4) is 11.1 Å². The SMILES string of the molecule is CCc1ccc(-c2ccc(C[C@H](NC(=O)[C@H](CCCN=C(N)N)NC(=O)[C@H](CCC(=O)O)NC(=O)[C@H](CCCNC(=N)N)NC(=O)[C@H](CCCNC(=N)N)NC(=O)[C@H](CCCNC(=N)N)NC(=O)[C@H](CCCNC(=N)N)NC(=O)[C@H](CCCNC(=N)N)NC(=O)[C@H](CCCN=C(N)N)NC(=O)[C@H](CCCN=C(N)N)NC(=O)[C@H](CCCN=C(N)N)NC(=O)CCCC[C@@H]3SC[C@@H]4NC(=O)N[C@@H]43)C(=O)O)cc2)cc1. The number of benzene rings is 2. The van der Waals surface area contributed by atoms with E-state index in [1.54, 1.807) is 36.0 Å². The minimum Gasteiger partial charge on any atom is -0.481 e. The van der Waals surface area contributed by atoms with Gasteiger partial charge in [-0.05, 0) is 164 Å². The smallest absolute Gasteiger partial charge is 0.326 e. The summed E-state index contributed by atoms with van der Waals surface area (Å²) < 4.78 is 0. The van der Waals surface area contributed by atoms with Crippen LogP contribution in [0.1, 0.15) is 172 Å². The van der Waals surface area contributed by atoms with Gasteiger partial charge in [0, 0.05) is 89.2 Å². The van der Waals surface area contributed by atoms with Crippen LogP contribution in [0.3, 0.4) is 0 Å². The van der Waals surface area contributed by atoms with Gasteiger partial charge in [-0.15, -0.1) is 0 Å². The van der Waals surface area contributed by atoms with Crippen LogP contribution in [0.5, 0.6) is 0 Å². The fourth-order valence-corrected chi connectivity index (χ4v) is 16.6. The number of nitrogens with zero attached hydrogens (tertiary/aromatic N) is 4. The zero-order valence-corrected chi connectivity index (χ0v) is 81.3. The number of aliphatic carboxylic acids is 2. The average molecular weight is 2030 g/mol. The molecule has 0 bridgehead atoms. The summed E-state index contributed by atoms with van der Waals surface area (Å²) in [5.41, 5.74) is 76.5. The van der Waals surface area contributed by atoms with E-state index in [1.165, 1.54) is 0 Å². The Bertz CT molecular complexity index is 4690. The first-order valence-corrected chi connectivity index (χ1v) is 48.2. The van der Waals surface area contributed by atoms with E-state index >= 15 is 24.0 Å². The van der Waals surface area contributed by atoms with Crippen molar-refractivity contribution in [3.05, 3.63) is 59.7 Å². The largest absolute Gasteiger partial charge is 0.481 e. The molecule has 2 saturated heterocycles. The molecule has 56 nitrogen and oxygen atoms in total. The first kappa shape index (κ1) is 120. The van der Waals surface area contributed by atoms with Gasteiger partial charge in [0.1, 0.15) is 66.5 Å². The van der Waals surface area contributed by atoms with Crippen molar-refractivity contribution >= 4 is 148 Å². The van der Waals surface area contributed by atoms with E-state index in [4.69, 9.17) is 102 Å². The maximum absolute atomic E-state index is 15.2. The second kappa shape index (κ2) is 65.5. The van der Waals surface area contributed by atoms with Gasteiger partial charge in [0.05, 0.1) is 12.1 Å². The van der Waals surface area contributed by atoms with E-state index in [0.29, 0.717) is 24.8 Å². The monoisotopic (exact) mass is 2030 g/mol. The highest BCUT2D eigenvalue weighted by Gasteiger charge is 2.43. The Morgan fingerprint density at radius 2 is 0.615 bits per heavy atom. The topological polar surface area (TPSA) is 1000 Å². The van der Waals surface area contributed by atoms with E-state index in [0.717, 1.165) is 28.9 Å². The number of hydrogen-bond acceptors (Lipinski definition) is 24. The fourth-order valence-electron chi connectivity index (χ4n) is 15.1. The Labute approximate surface area is 832 Å². The van der Waals surface area contributed by atoms with Gasteiger partial charge in [0.2, 0.25) is 65.0 Å². The van der Waals surface area contributed by atoms with Crippen LogP contribution in [-0.2, 0) is 75.2 Å². The van der Waals surface area contributed by atoms with Crippen LogP contribution in [-0.4, -0.2) is 295 Å². The molecular weight excluding hydrogens is 1880 g/mol. The van der Waals surface area contributed by atoms with Crippen LogP contribution in [0, 0.1) is 27.0 Å². The van der Waals surface area contributed by atoms with Gasteiger partial charge in [-0.1, -0.05) is 61.9 Å². The zero-order chi connectivity index (χ0) is 106. The van der Waals surface area contributed by atoms with Crippen molar-refractivity contribution in [1.29, 1.82) is 27.0 Å². The lowest BCUT2D eigenvalue weighted by atomic mass is 9.99. The molecule has 2 fully saturated rings. The Balaban J connectivity index is 1.75. The van der Waals surface area contributed by atoms with Gasteiger partial charge >= 0.3 is 18.0 Å². The van der Waals surface area contributed by atoms with Crippen molar-refractivity contribution in [3.63, 3.8) is 0 Å². The van der Waals surface area contributed by atoms with Gasteiger partial charge < -0.3 is 180 Å². The maximum atomic E-state index is 15.2. The Morgan fingerprint density at radius 3 is 0.881 bits per heavy atom. The molecule has 0 saturated carbocycles. The van der Waals surface area contributed by atoms with Crippen molar-refractivity contribution < 1.29 is 77.3 Å². The van der Waals surface area contributed by atoms with Crippen molar-refractivity contribution in [2.45, 2.75) is 258 Å². The number of carboxylic acids is 2. The number of rotatable bonds is 70. The molecule has 0 aromatic heterocycles. The van der Waals surface area contributed by atoms with Crippen LogP contribution in [0.15, 0.2) is 68.5 Å². The molecule has 0 aliphatic carbocycles. The zero-order valence-electron chi connectivity index (χ0n) is 80.5. The predicted molar refractivity (Wildman–Crippen MR) is 540 cm³/mol. The van der Waals surface area contributed by atoms with E-state index in [-0.39, 0.29) is 235 Å². The molecule has 2 aromatic carbocycles. The second-order valence-corrected chi connectivity index (χ2v) is 35.3. The standard InChI is InChI=1S/C86H148N40O16S/c1-2-46-25-29-48(30-26-46)49-31-27-47(28-32-49)44-60(76(140)141)124-74(138)58(22-13-43-113-85(103)104)122-75(139)59(33-34-64(128)129)123-73(137)57(21-12-42-112-84(101)102)121-72(136)56(20-11-41-111-83(99)100)120-71(135)55(19-10-40-110-82(97)98)119-70(134)54(18-9-39-109-81(95)96)118-69(133)53(17-8-38-108-80(93)94)117-68(132)52(16-7-37-107-79(91)92)116-67(131)51(15-6-36-106-78(89)90)115-66(130)50(14-5-35-105-77(87)88)114-63(127)24-4-3-23-62-65-61(45-143-62)125-86(142)126-65/h25-32,50-62,65H,2-24,33-45H2,1H3,(H,114,127)(H,115,130)(H,116,131)(H,117,132)(H,118,133)(H,119,134)(H,120,135)(H,121,136)(H,122,139)(H,123,137)(H,124,138)(H,128,129)(H,140,141)(H4,87,88,105)(H4,89,90,106)(H4,91,92,107)(H4,93,94,108)(H4,95,96,109)(H4,97,98,110)(H4,99,100,111)(H4,101,102,112)(H4,103,104,113)(H2,125,126,142)/t50-,51-,52-,53-,54-,55-,56-,57-,58-,59-,60-,61-,62-,65-/m0/s1. The number of urea groups is 1. The Kier molecular flexibility index (Phi) is 54.9. The Morgan fingerprint density at radius 1 is 0.350 bits per heavy atom. The van der Waals surface area contributed by atoms with E-state index in [2.05, 4.69) is 116 Å². The summed E-state index contributed by atoms with van der Waals surface area (Å²) in [6, 6.07) is -3.31. The molecule has 4 rings (SSSR count). The average Bonchev–Trinajstić information content (AvgIpc) is 1.66. The number of carboxylic acid groups (broad SMARTS) is 2. The number of carbonyl (C=O) groups excluding carboxylic acids is 12. The van der Waals surface area contributed by atoms with Gasteiger partial charge in [-0.3, -0.25) is 105 Å². The minimum absolute atomic E-state index is 0.0000491. The third kappa shape index (κ3) is 49.8. The van der Waals surface area contributed by atoms with Gasteiger partial charge in [0.25, 0.3) is 0 Å². The first-order valence-electron chi connectivity index (χ1n) is 47.2. The summed E-state index contributed by atoms with van der Waals surface area (Å²) in [6.45, 7) is 1.35. The number of thioether (sulfide) groups is 1. The molecule has 143 heavy (non-hydrogen) atoms. The number of carbonyl (C=O) groups is 14. The van der Waals surface area contributed by atoms with Gasteiger partial charge in [-0.25, -0.2) is 9.59 Å². The maximum Gasteiger partial charge on any atom is 0.326 e. The van der Waals surface area contributed by atoms with E-state index < -0.39 is 186 Å². The third-order valence-electron chi connectivity index (χ3n) is 22.5. The summed E-state index contributed by atoms with van der Waals surface area (Å²) in [7, 11) is 0. The summed E-state index contributed by atoms with van der Waals surface area (Å²) in [6.07, 6.45) is -1.55. The molecule has 51 N–H and O–H groups in total. The lowest BCUT2D eigenvalue weighted by Gasteiger charge is -2.29. The molecule has 0 radical (unpaired) electrons. The highest BCUT2D eigenvalue weighted by atomic mass is 32.2. The third-order valence-corrected chi connectivity index (χ3v) is 24.0. The van der Waals surface area contributed by atoms with Crippen LogP contribution in [0.4, 0.5) is 4.79 Å². The Hall–Kier alpha value is -15.4. The number of fused-ring (bicyclic) bond motifs is 1. The number of guanidine groups is 9. The molecule has 13 amide bonds. The number of hydrogen-bond donors (Lipinski definition) is 38. The van der Waals surface area contributed by atoms with Crippen molar-refractivity contribution in [2.24, 2.45) is 94.5 Å². The molecule has 14 atom stereocenters. The van der Waals surface area contributed by atoms with Crippen molar-refractivity contribution in [2.75, 3.05) is 64.7 Å². The van der Waals surface area contributed by atoms with Crippen LogP contribution in [0.25, 0.3) is 11.1 Å². The molecular formula is C86H148N40O16S. The molecule has 0 unspecified atom stereocenters. The highest BCUT2D eigenvalue weighted by molar-refractivity contribution is 8.00. The number of nitrogens with two attached hydrogens (primary N) is 13. The summed E-state index contributed by atoms with van der Waals surface area (Å²) in [4.78, 5) is 216. The van der Waals surface area contributed by atoms with E-state index in [1.807, 2.05) is 31.2 Å². The molecule has 2 heterocycles. The molecule has 2 aliphatic heterocycles. The van der Waals surface area contributed by atoms with Gasteiger partial charge in [-0.2, -0.15) is 11.8 Å². The number of nitrogens with one attached hydrogen (secondary N) is 23. The number of aliphatic imine (C=N–C) groups is 4. The summed E-state index contributed by atoms with van der Waals surface area (Å²) >= 11 is 1.72. The molecule has 2 aromatic rings. The van der Waals surface area contributed by atoms with Crippen LogP contribution < -0.4 is 170 Å². The molecule has 794 valence electrons. The van der Waals surface area contributed by atoms with Crippen LogP contribution in [0.2, 0.25) is 0 Å². The predicted octanol–water partition coefficient (Wildman–Crippen LogP) is -9.00. The lowest BCUT2D eigenvalue weighted by molar-refractivity contribution is -0.142. The normalized spacial score (nSPS) is 15.5. The number of amides is 13. The summed E-state index contributed by atoms with van der Waals surface area (Å²) in [5, 5.41) is 107. The van der Waals surface area contributed by atoms with E-state index in [9.17, 15) is 53.4 Å². The second-order valence-electron chi connectivity index (χ2n) is 34.0. The molecule has 2 aliphatic rings. The quantitative estimate of drug-likeness (QED) is 0.0127. The first-order chi connectivity index (χ1) is 67.9. The molecule has 0 spiro atoms. The van der Waals surface area contributed by atoms with Crippen LogP contribution >= 0.6 is 11.8 Å². The minimum atomic E-state index is -1.83. The number of aryl methyl sites for hydroxylation is 1. The lowest BCUT2D eigenvalue weighted by Crippen LogP contribution is -2.61. The van der Waals surface area contributed by atoms with Crippen molar-refractivity contribution in [1.82, 2.24) is 95.7 Å². The summed E-state index contributed by atoms with van der Waals surface area (Å²) in [5.74, 6) is -16.7. The van der Waals surface area contributed by atoms with Gasteiger partial charge in [0.15, 0.2) is 53.6 Å². The molecule has 57 heteroatoms. The number of unbranched alkanes of at least 4 members (excludes halogenated alkanes) is 1.